The maximum atomic E-state index is 11.5. The molecular formula is C30H28Cl2N2O5. The van der Waals surface area contributed by atoms with Crippen molar-refractivity contribution in [3.05, 3.63) is 63.1 Å². The Kier molecular flexibility index (Phi) is 6.83. The molecule has 0 atom stereocenters. The Labute approximate surface area is 236 Å². The first kappa shape index (κ1) is 26.2. The third-order valence-corrected chi connectivity index (χ3v) is 8.99. The Hall–Kier alpha value is -3.05. The fourth-order valence-corrected chi connectivity index (χ4v) is 6.40. The van der Waals surface area contributed by atoms with E-state index in [1.54, 1.807) is 24.5 Å². The van der Waals surface area contributed by atoms with Crippen LogP contribution in [0.2, 0.25) is 10.0 Å². The molecule has 1 N–H and O–H groups in total. The van der Waals surface area contributed by atoms with Crippen LogP contribution in [0, 0.1) is 17.3 Å². The molecule has 0 spiro atoms. The lowest BCUT2D eigenvalue weighted by Crippen LogP contribution is -2.47. The molecule has 0 saturated heterocycles. The number of carbonyl (C=O) groups is 1. The summed E-state index contributed by atoms with van der Waals surface area (Å²) in [7, 11) is 1.52. The SMILES string of the molecule is COc1cc(C#CC23CCC(OCc4c(-c5c(Cl)cncc5Cl)noc4C4CC4)(CC2)CC3)cc(C(=O)O)c1. The topological polar surface area (TPSA) is 94.7 Å². The maximum Gasteiger partial charge on any atom is 0.335 e. The highest BCUT2D eigenvalue weighted by atomic mass is 35.5. The van der Waals surface area contributed by atoms with Crippen LogP contribution in [-0.2, 0) is 11.3 Å². The fourth-order valence-electron chi connectivity index (χ4n) is 5.86. The van der Waals surface area contributed by atoms with E-state index in [1.165, 1.54) is 13.2 Å². The van der Waals surface area contributed by atoms with Crippen LogP contribution in [0.25, 0.3) is 11.3 Å². The molecule has 2 aromatic heterocycles. The van der Waals surface area contributed by atoms with E-state index >= 15 is 0 Å². The van der Waals surface area contributed by atoms with Crippen LogP contribution >= 0.6 is 23.2 Å². The van der Waals surface area contributed by atoms with Crippen molar-refractivity contribution in [2.45, 2.75) is 69.5 Å². The van der Waals surface area contributed by atoms with Crippen molar-refractivity contribution in [3.8, 4) is 28.8 Å². The zero-order valence-electron chi connectivity index (χ0n) is 21.6. The molecule has 2 bridgehead atoms. The molecule has 7 rings (SSSR count). The van der Waals surface area contributed by atoms with Crippen molar-refractivity contribution in [1.82, 2.24) is 10.1 Å². The molecule has 7 nitrogen and oxygen atoms in total. The normalized spacial score (nSPS) is 23.8. The second-order valence-corrected chi connectivity index (χ2v) is 11.7. The number of nitrogens with zero attached hydrogens (tertiary/aromatic N) is 2. The first-order valence-electron chi connectivity index (χ1n) is 13.2. The first-order valence-corrected chi connectivity index (χ1v) is 13.9. The molecule has 4 aliphatic rings. The van der Waals surface area contributed by atoms with Gasteiger partial charge in [0.25, 0.3) is 0 Å². The molecule has 1 aromatic carbocycles. The molecule has 0 aliphatic heterocycles. The van der Waals surface area contributed by atoms with Crippen molar-refractivity contribution < 1.29 is 23.9 Å². The maximum absolute atomic E-state index is 11.5. The van der Waals surface area contributed by atoms with Gasteiger partial charge in [0.2, 0.25) is 0 Å². The zero-order valence-corrected chi connectivity index (χ0v) is 23.1. The standard InChI is InChI=1S/C30H28Cl2N2O5/c1-37-21-13-18(12-20(14-21)28(35)36)4-5-29-6-9-30(10-7-29,11-8-29)38-17-22-26(34-39-27(22)19-2-3-19)25-23(31)15-33-16-24(25)32/h12-16,19H,2-3,6-11,17H2,1H3,(H,35,36). The van der Waals surface area contributed by atoms with Gasteiger partial charge in [-0.15, -0.1) is 0 Å². The number of benzene rings is 1. The zero-order chi connectivity index (χ0) is 27.2. The van der Waals surface area contributed by atoms with Gasteiger partial charge in [0, 0.05) is 40.4 Å². The Bertz CT molecular complexity index is 1460. The summed E-state index contributed by atoms with van der Waals surface area (Å²) in [5.41, 5.74) is 2.72. The van der Waals surface area contributed by atoms with Crippen LogP contribution in [0.3, 0.4) is 0 Å². The molecule has 39 heavy (non-hydrogen) atoms. The molecular weight excluding hydrogens is 539 g/mol. The van der Waals surface area contributed by atoms with E-state index in [0.717, 1.165) is 62.7 Å². The van der Waals surface area contributed by atoms with Crippen LogP contribution in [0.4, 0.5) is 0 Å². The summed E-state index contributed by atoms with van der Waals surface area (Å²) in [5.74, 6) is 7.48. The quantitative estimate of drug-likeness (QED) is 0.300. The number of pyridine rings is 1. The van der Waals surface area contributed by atoms with Crippen LogP contribution < -0.4 is 4.74 Å². The predicted molar refractivity (Wildman–Crippen MR) is 146 cm³/mol. The number of ether oxygens (including phenoxy) is 2. The van der Waals surface area contributed by atoms with Crippen molar-refractivity contribution in [1.29, 1.82) is 0 Å². The molecule has 202 valence electrons. The monoisotopic (exact) mass is 566 g/mol. The van der Waals surface area contributed by atoms with Crippen molar-refractivity contribution in [2.75, 3.05) is 7.11 Å². The molecule has 4 fully saturated rings. The Morgan fingerprint density at radius 3 is 2.41 bits per heavy atom. The van der Waals surface area contributed by atoms with E-state index < -0.39 is 5.97 Å². The highest BCUT2D eigenvalue weighted by Crippen LogP contribution is 2.54. The lowest BCUT2D eigenvalue weighted by Gasteiger charge is -2.51. The molecule has 0 radical (unpaired) electrons. The third kappa shape index (κ3) is 5.14. The number of fused-ring (bicyclic) bond motifs is 3. The van der Waals surface area contributed by atoms with Crippen molar-refractivity contribution >= 4 is 29.2 Å². The fraction of sp³-hybridized carbons (Fsp3) is 0.433. The van der Waals surface area contributed by atoms with E-state index in [-0.39, 0.29) is 16.6 Å². The third-order valence-electron chi connectivity index (χ3n) is 8.42. The highest BCUT2D eigenvalue weighted by Gasteiger charge is 2.49. The first-order chi connectivity index (χ1) is 18.8. The second kappa shape index (κ2) is 10.2. The number of rotatable bonds is 7. The van der Waals surface area contributed by atoms with Gasteiger partial charge in [0.05, 0.1) is 34.9 Å². The summed E-state index contributed by atoms with van der Waals surface area (Å²) in [6.07, 6.45) is 10.8. The van der Waals surface area contributed by atoms with Crippen LogP contribution in [0.1, 0.15) is 84.5 Å². The van der Waals surface area contributed by atoms with Crippen molar-refractivity contribution in [2.24, 2.45) is 5.41 Å². The number of methoxy groups -OCH3 is 1. The van der Waals surface area contributed by atoms with E-state index in [1.807, 2.05) is 0 Å². The summed E-state index contributed by atoms with van der Waals surface area (Å²) in [6.45, 7) is 0.389. The summed E-state index contributed by atoms with van der Waals surface area (Å²) in [4.78, 5) is 15.6. The predicted octanol–water partition coefficient (Wildman–Crippen LogP) is 7.29. The minimum atomic E-state index is -0.998. The minimum Gasteiger partial charge on any atom is -0.497 e. The molecule has 9 heteroatoms. The van der Waals surface area contributed by atoms with Gasteiger partial charge < -0.3 is 19.1 Å². The molecule has 0 amide bonds. The molecule has 2 heterocycles. The van der Waals surface area contributed by atoms with E-state index in [2.05, 4.69) is 22.0 Å². The number of carboxylic acid groups (broad SMARTS) is 1. The number of carboxylic acids is 1. The second-order valence-electron chi connectivity index (χ2n) is 10.9. The van der Waals surface area contributed by atoms with E-state index in [0.29, 0.717) is 45.1 Å². The van der Waals surface area contributed by atoms with Crippen LogP contribution in [0.5, 0.6) is 5.75 Å². The number of hydrogen-bond acceptors (Lipinski definition) is 6. The summed E-state index contributed by atoms with van der Waals surface area (Å²) >= 11 is 12.9. The number of aromatic carboxylic acids is 1. The largest absolute Gasteiger partial charge is 0.497 e. The Balaban J connectivity index is 1.19. The average Bonchev–Trinajstić information content (AvgIpc) is 3.71. The highest BCUT2D eigenvalue weighted by molar-refractivity contribution is 6.38. The number of hydrogen-bond donors (Lipinski definition) is 1. The minimum absolute atomic E-state index is 0.0861. The summed E-state index contributed by atoms with van der Waals surface area (Å²) < 4.78 is 17.8. The smallest absolute Gasteiger partial charge is 0.335 e. The van der Waals surface area contributed by atoms with Gasteiger partial charge in [-0.05, 0) is 69.6 Å². The molecule has 0 unspecified atom stereocenters. The van der Waals surface area contributed by atoms with Crippen LogP contribution in [0.15, 0.2) is 35.1 Å². The van der Waals surface area contributed by atoms with Crippen LogP contribution in [-0.4, -0.2) is 33.9 Å². The van der Waals surface area contributed by atoms with Gasteiger partial charge in [0.1, 0.15) is 17.2 Å². The van der Waals surface area contributed by atoms with Gasteiger partial charge in [-0.3, -0.25) is 4.98 Å². The van der Waals surface area contributed by atoms with Gasteiger partial charge in [-0.25, -0.2) is 4.79 Å². The Morgan fingerprint density at radius 2 is 1.79 bits per heavy atom. The van der Waals surface area contributed by atoms with Gasteiger partial charge in [0.15, 0.2) is 0 Å². The lowest BCUT2D eigenvalue weighted by molar-refractivity contribution is -0.131. The number of halogens is 2. The molecule has 4 saturated carbocycles. The number of aromatic nitrogens is 2. The van der Waals surface area contributed by atoms with Gasteiger partial charge >= 0.3 is 5.97 Å². The Morgan fingerprint density at radius 1 is 1.10 bits per heavy atom. The molecule has 3 aromatic rings. The van der Waals surface area contributed by atoms with Crippen molar-refractivity contribution in [3.63, 3.8) is 0 Å². The average molecular weight is 567 g/mol. The van der Waals surface area contributed by atoms with Gasteiger partial charge in [-0.2, -0.15) is 0 Å². The van der Waals surface area contributed by atoms with E-state index in [4.69, 9.17) is 37.2 Å². The summed E-state index contributed by atoms with van der Waals surface area (Å²) in [5, 5.41) is 14.6. The van der Waals surface area contributed by atoms with E-state index in [9.17, 15) is 9.90 Å². The summed E-state index contributed by atoms with van der Waals surface area (Å²) in [6, 6.07) is 4.89. The van der Waals surface area contributed by atoms with Gasteiger partial charge in [-0.1, -0.05) is 40.2 Å². The molecule has 4 aliphatic carbocycles. The lowest BCUT2D eigenvalue weighted by atomic mass is 9.59.